The molecule has 6 heteroatoms. The topological polar surface area (TPSA) is 77.3 Å². The van der Waals surface area contributed by atoms with E-state index in [0.717, 1.165) is 0 Å². The van der Waals surface area contributed by atoms with E-state index in [1.807, 2.05) is 0 Å². The predicted octanol–water partition coefficient (Wildman–Crippen LogP) is 2.93. The van der Waals surface area contributed by atoms with Crippen molar-refractivity contribution < 1.29 is 19.5 Å². The molecule has 0 spiro atoms. The molecule has 0 radical (unpaired) electrons. The first-order chi connectivity index (χ1) is 9.79. The highest BCUT2D eigenvalue weighted by atomic mass is 17.3. The number of hydrogen-bond donors (Lipinski definition) is 0. The second-order valence-corrected chi connectivity index (χ2v) is 3.57. The third-order valence-electron chi connectivity index (χ3n) is 1.99. The molecule has 0 atom stereocenters. The van der Waals surface area contributed by atoms with Crippen LogP contribution in [-0.4, -0.2) is 11.6 Å². The van der Waals surface area contributed by atoms with Gasteiger partial charge in [-0.05, 0) is 12.2 Å². The molecule has 0 aromatic rings. The average Bonchev–Trinajstić information content (AvgIpc) is 2.43. The Labute approximate surface area is 116 Å². The van der Waals surface area contributed by atoms with Crippen LogP contribution in [0.4, 0.5) is 0 Å². The third-order valence-corrected chi connectivity index (χ3v) is 1.99. The predicted molar refractivity (Wildman–Crippen MR) is 72.0 cm³/mol. The van der Waals surface area contributed by atoms with Crippen LogP contribution < -0.4 is 0 Å². The van der Waals surface area contributed by atoms with E-state index in [0.29, 0.717) is 0 Å². The summed E-state index contributed by atoms with van der Waals surface area (Å²) in [5, 5.41) is 6.60. The lowest BCUT2D eigenvalue weighted by Gasteiger charge is -1.90. The number of nitrogens with zero attached hydrogens (tertiary/aromatic N) is 2. The van der Waals surface area contributed by atoms with Crippen molar-refractivity contribution in [3.05, 3.63) is 61.1 Å². The van der Waals surface area contributed by atoms with E-state index in [9.17, 15) is 9.59 Å². The van der Waals surface area contributed by atoms with Gasteiger partial charge in [0.2, 0.25) is 0 Å². The summed E-state index contributed by atoms with van der Waals surface area (Å²) >= 11 is 0. The number of allylic oxidation sites excluding steroid dienone is 8. The second-order valence-electron chi connectivity index (χ2n) is 3.57. The minimum absolute atomic E-state index is 0.0840. The summed E-state index contributed by atoms with van der Waals surface area (Å²) in [6.07, 6.45) is 15.5. The molecule has 0 saturated carbocycles. The van der Waals surface area contributed by atoms with Crippen molar-refractivity contribution in [2.24, 2.45) is 10.4 Å². The molecule has 0 unspecified atom stereocenters. The monoisotopic (exact) mass is 274 g/mol. The lowest BCUT2D eigenvalue weighted by Crippen LogP contribution is -1.89. The summed E-state index contributed by atoms with van der Waals surface area (Å²) in [7, 11) is 0. The van der Waals surface area contributed by atoms with Gasteiger partial charge in [0.05, 0.1) is 11.5 Å². The largest absolute Gasteiger partial charge is 0.295 e. The summed E-state index contributed by atoms with van der Waals surface area (Å²) in [6.45, 7) is 0. The first kappa shape index (κ1) is 15.3. The van der Waals surface area contributed by atoms with Crippen LogP contribution >= 0.6 is 0 Å². The minimum Gasteiger partial charge on any atom is -0.295 e. The highest BCUT2D eigenvalue weighted by molar-refractivity contribution is 5.91. The van der Waals surface area contributed by atoms with E-state index >= 15 is 0 Å². The molecule has 1 heterocycles. The molecule has 0 N–H and O–H groups in total. The van der Waals surface area contributed by atoms with Crippen molar-refractivity contribution in [2.75, 3.05) is 0 Å². The van der Waals surface area contributed by atoms with Crippen molar-refractivity contribution in [1.82, 2.24) is 0 Å². The van der Waals surface area contributed by atoms with Gasteiger partial charge in [0.1, 0.15) is 6.26 Å². The van der Waals surface area contributed by atoms with Crippen molar-refractivity contribution in [3.63, 3.8) is 0 Å². The SMILES string of the molecule is O=C1\C=C/C=C\C=C/CC(=O)/C=C\N=NOO/C=C\C1. The van der Waals surface area contributed by atoms with Crippen LogP contribution in [0.2, 0.25) is 0 Å². The fourth-order valence-corrected chi connectivity index (χ4v) is 1.10. The van der Waals surface area contributed by atoms with Crippen molar-refractivity contribution in [2.45, 2.75) is 12.8 Å². The van der Waals surface area contributed by atoms with E-state index in [1.54, 1.807) is 30.4 Å². The first-order valence-corrected chi connectivity index (χ1v) is 5.89. The number of ketones is 2. The Bertz CT molecular complexity index is 499. The fourth-order valence-electron chi connectivity index (χ4n) is 1.10. The number of carbonyl (C=O) groups is 2. The van der Waals surface area contributed by atoms with Crippen LogP contribution in [0.5, 0.6) is 0 Å². The van der Waals surface area contributed by atoms with Crippen molar-refractivity contribution in [1.29, 1.82) is 0 Å². The molecular weight excluding hydrogens is 260 g/mol. The number of carbonyl (C=O) groups excluding carboxylic acids is 2. The molecule has 20 heavy (non-hydrogen) atoms. The molecule has 0 aromatic carbocycles. The summed E-state index contributed by atoms with van der Waals surface area (Å²) < 4.78 is 0. The van der Waals surface area contributed by atoms with Crippen molar-refractivity contribution in [3.8, 4) is 0 Å². The van der Waals surface area contributed by atoms with Crippen LogP contribution in [-0.2, 0) is 19.5 Å². The fraction of sp³-hybridized carbons (Fsp3) is 0.143. The minimum atomic E-state index is -0.124. The zero-order valence-corrected chi connectivity index (χ0v) is 10.7. The van der Waals surface area contributed by atoms with E-state index in [1.165, 1.54) is 30.7 Å². The quantitative estimate of drug-likeness (QED) is 0.636. The van der Waals surface area contributed by atoms with Gasteiger partial charge >= 0.3 is 0 Å². The molecule has 0 aliphatic carbocycles. The lowest BCUT2D eigenvalue weighted by atomic mass is 10.2. The maximum Gasteiger partial charge on any atom is 0.161 e. The summed E-state index contributed by atoms with van der Waals surface area (Å²) in [5.74, 6) is -0.208. The zero-order chi connectivity index (χ0) is 14.5. The summed E-state index contributed by atoms with van der Waals surface area (Å²) in [5.41, 5.74) is 0. The third kappa shape index (κ3) is 8.35. The van der Waals surface area contributed by atoms with Gasteiger partial charge in [0.15, 0.2) is 11.6 Å². The molecule has 1 aliphatic heterocycles. The van der Waals surface area contributed by atoms with Crippen LogP contribution in [0.1, 0.15) is 12.8 Å². The highest BCUT2D eigenvalue weighted by Gasteiger charge is 1.92. The smallest absolute Gasteiger partial charge is 0.161 e. The Kier molecular flexibility index (Phi) is 7.79. The molecule has 1 aliphatic rings. The normalized spacial score (nSPS) is 25.4. The molecule has 6 nitrogen and oxygen atoms in total. The standard InChI is InChI=1S/C14H14N2O4/c17-13-7-4-2-1-3-5-8-14(18)10-11-15-16-20-19-12-6-9-13/h1-7,10-12H,8-9H2/b2-1-,5-3-,7-4-,11-10-,12-6-,16-15?. The van der Waals surface area contributed by atoms with Crippen LogP contribution in [0.25, 0.3) is 0 Å². The van der Waals surface area contributed by atoms with Crippen LogP contribution in [0, 0.1) is 0 Å². The Morgan fingerprint density at radius 3 is 2.55 bits per heavy atom. The molecule has 0 amide bonds. The van der Waals surface area contributed by atoms with Gasteiger partial charge in [-0.2, -0.15) is 0 Å². The Balaban J connectivity index is 2.63. The van der Waals surface area contributed by atoms with E-state index < -0.39 is 0 Å². The molecule has 0 bridgehead atoms. The van der Waals surface area contributed by atoms with E-state index in [-0.39, 0.29) is 24.4 Å². The first-order valence-electron chi connectivity index (χ1n) is 5.89. The van der Waals surface area contributed by atoms with Gasteiger partial charge in [-0.15, -0.1) is 10.1 Å². The summed E-state index contributed by atoms with van der Waals surface area (Å²) in [6, 6.07) is 0. The molecule has 0 fully saturated rings. The van der Waals surface area contributed by atoms with Crippen molar-refractivity contribution >= 4 is 11.6 Å². The molecule has 104 valence electrons. The maximum atomic E-state index is 11.3. The highest BCUT2D eigenvalue weighted by Crippen LogP contribution is 1.94. The Morgan fingerprint density at radius 1 is 0.900 bits per heavy atom. The van der Waals surface area contributed by atoms with Gasteiger partial charge in [0.25, 0.3) is 0 Å². The molecule has 0 saturated heterocycles. The molecule has 0 aromatic heterocycles. The Morgan fingerprint density at radius 2 is 1.65 bits per heavy atom. The van der Waals surface area contributed by atoms with Crippen LogP contribution in [0.3, 0.4) is 0 Å². The maximum absolute atomic E-state index is 11.3. The van der Waals surface area contributed by atoms with Gasteiger partial charge in [-0.1, -0.05) is 30.4 Å². The lowest BCUT2D eigenvalue weighted by molar-refractivity contribution is -0.256. The number of rotatable bonds is 0. The van der Waals surface area contributed by atoms with E-state index in [2.05, 4.69) is 20.3 Å². The molecular formula is C14H14N2O4. The zero-order valence-electron chi connectivity index (χ0n) is 10.7. The van der Waals surface area contributed by atoms with Gasteiger partial charge in [-0.25, -0.2) is 0 Å². The average molecular weight is 274 g/mol. The van der Waals surface area contributed by atoms with Gasteiger partial charge in [0, 0.05) is 18.9 Å². The Hall–Kier alpha value is -2.76. The second kappa shape index (κ2) is 10.2. The van der Waals surface area contributed by atoms with Gasteiger partial charge < -0.3 is 0 Å². The van der Waals surface area contributed by atoms with Gasteiger partial charge in [-0.3, -0.25) is 14.5 Å². The molecule has 1 rings (SSSR count). The van der Waals surface area contributed by atoms with Crippen LogP contribution in [0.15, 0.2) is 71.5 Å². The van der Waals surface area contributed by atoms with E-state index in [4.69, 9.17) is 0 Å². The number of hydrogen-bond acceptors (Lipinski definition) is 6. The summed E-state index contributed by atoms with van der Waals surface area (Å²) in [4.78, 5) is 31.4.